The molecule has 126 valence electrons. The van der Waals surface area contributed by atoms with E-state index in [1.54, 1.807) is 13.1 Å². The second kappa shape index (κ2) is 5.97. The van der Waals surface area contributed by atoms with E-state index in [0.717, 1.165) is 18.4 Å². The van der Waals surface area contributed by atoms with Gasteiger partial charge in [0.1, 0.15) is 17.3 Å². The highest BCUT2D eigenvalue weighted by Crippen LogP contribution is 2.35. The van der Waals surface area contributed by atoms with Crippen LogP contribution in [0.25, 0.3) is 5.76 Å². The van der Waals surface area contributed by atoms with Crippen LogP contribution < -0.4 is 10.6 Å². The number of rotatable bonds is 4. The Morgan fingerprint density at radius 2 is 1.96 bits per heavy atom. The Kier molecular flexibility index (Phi) is 4.15. The van der Waals surface area contributed by atoms with E-state index in [2.05, 4.69) is 9.97 Å². The van der Waals surface area contributed by atoms with Crippen molar-refractivity contribution in [2.45, 2.75) is 19.8 Å². The van der Waals surface area contributed by atoms with Crippen molar-refractivity contribution in [3.63, 3.8) is 0 Å². The van der Waals surface area contributed by atoms with Crippen molar-refractivity contribution in [3.8, 4) is 0 Å². The van der Waals surface area contributed by atoms with Crippen molar-refractivity contribution in [2.24, 2.45) is 0 Å². The topological polar surface area (TPSA) is 113 Å². The minimum Gasteiger partial charge on any atom is -0.506 e. The van der Waals surface area contributed by atoms with Crippen LogP contribution in [0.4, 0.5) is 11.6 Å². The van der Waals surface area contributed by atoms with E-state index in [1.807, 2.05) is 4.90 Å². The van der Waals surface area contributed by atoms with Crippen LogP contribution in [0.5, 0.6) is 0 Å². The predicted molar refractivity (Wildman–Crippen MR) is 88.5 cm³/mol. The monoisotopic (exact) mass is 339 g/mol. The van der Waals surface area contributed by atoms with E-state index in [1.165, 1.54) is 4.31 Å². The van der Waals surface area contributed by atoms with E-state index < -0.39 is 10.0 Å². The van der Waals surface area contributed by atoms with E-state index in [0.29, 0.717) is 37.7 Å². The molecule has 1 saturated heterocycles. The Bertz CT molecular complexity index is 733. The first-order valence-corrected chi connectivity index (χ1v) is 9.30. The highest BCUT2D eigenvalue weighted by Gasteiger charge is 2.27. The summed E-state index contributed by atoms with van der Waals surface area (Å²) in [6, 6.07) is 0. The fourth-order valence-corrected chi connectivity index (χ4v) is 3.65. The molecule has 8 nitrogen and oxygen atoms in total. The third-order valence-electron chi connectivity index (χ3n) is 4.17. The number of nitrogens with zero attached hydrogens (tertiary/aromatic N) is 4. The number of allylic oxidation sites excluding steroid dienone is 1. The molecular formula is C14H21N5O3S. The van der Waals surface area contributed by atoms with Crippen molar-refractivity contribution in [3.05, 3.63) is 17.5 Å². The molecule has 9 heteroatoms. The minimum absolute atomic E-state index is 0.111. The number of anilines is 2. The van der Waals surface area contributed by atoms with Crippen LogP contribution in [0.1, 0.15) is 25.5 Å². The van der Waals surface area contributed by atoms with Crippen LogP contribution >= 0.6 is 0 Å². The summed E-state index contributed by atoms with van der Waals surface area (Å²) in [5.74, 6) is 1.05. The lowest BCUT2D eigenvalue weighted by Crippen LogP contribution is -2.49. The minimum atomic E-state index is -3.15. The smallest absolute Gasteiger partial charge is 0.213 e. The molecule has 1 aromatic heterocycles. The summed E-state index contributed by atoms with van der Waals surface area (Å²) in [5, 5.41) is 10.1. The molecule has 0 atom stereocenters. The molecule has 0 unspecified atom stereocenters. The first-order valence-electron chi connectivity index (χ1n) is 7.69. The molecule has 2 aliphatic rings. The second-order valence-corrected chi connectivity index (χ2v) is 7.96. The first-order chi connectivity index (χ1) is 10.9. The molecule has 0 radical (unpaired) electrons. The maximum Gasteiger partial charge on any atom is 0.213 e. The van der Waals surface area contributed by atoms with E-state index in [-0.39, 0.29) is 17.3 Å². The SMILES string of the molecule is CCS(=O)(=O)N1CCN(c2cnc(N)c(C(O)=C3CC3)n2)CC1. The number of hydrogen-bond acceptors (Lipinski definition) is 7. The third-order valence-corrected chi connectivity index (χ3v) is 6.05. The number of nitrogens with two attached hydrogens (primary N) is 1. The molecule has 2 fully saturated rings. The Labute approximate surface area is 135 Å². The molecular weight excluding hydrogens is 318 g/mol. The zero-order chi connectivity index (χ0) is 16.6. The van der Waals surface area contributed by atoms with Crippen LogP contribution in [0, 0.1) is 0 Å². The standard InChI is InChI=1S/C14H21N5O3S/c1-2-23(21,22)19-7-5-18(6-8-19)11-9-16-14(15)12(17-11)13(20)10-3-4-10/h9,20H,2-8H2,1H3,(H2,15,16). The number of aromatic nitrogens is 2. The zero-order valence-electron chi connectivity index (χ0n) is 13.1. The van der Waals surface area contributed by atoms with Gasteiger partial charge in [0.05, 0.1) is 11.9 Å². The van der Waals surface area contributed by atoms with Gasteiger partial charge in [0.25, 0.3) is 0 Å². The van der Waals surface area contributed by atoms with Gasteiger partial charge in [0.2, 0.25) is 10.0 Å². The Morgan fingerprint density at radius 3 is 2.52 bits per heavy atom. The molecule has 1 aliphatic carbocycles. The Balaban J connectivity index is 1.77. The highest BCUT2D eigenvalue weighted by atomic mass is 32.2. The van der Waals surface area contributed by atoms with Gasteiger partial charge in [0.15, 0.2) is 5.82 Å². The molecule has 0 amide bonds. The quantitative estimate of drug-likeness (QED) is 0.772. The van der Waals surface area contributed by atoms with E-state index in [4.69, 9.17) is 5.73 Å². The van der Waals surface area contributed by atoms with E-state index in [9.17, 15) is 13.5 Å². The Hall–Kier alpha value is -1.87. The van der Waals surface area contributed by atoms with Crippen molar-refractivity contribution < 1.29 is 13.5 Å². The lowest BCUT2D eigenvalue weighted by Gasteiger charge is -2.34. The van der Waals surface area contributed by atoms with Crippen LogP contribution in [-0.4, -0.2) is 59.7 Å². The maximum absolute atomic E-state index is 11.9. The fraction of sp³-hybridized carbons (Fsp3) is 0.571. The van der Waals surface area contributed by atoms with Crippen LogP contribution in [0.15, 0.2) is 11.8 Å². The second-order valence-electron chi connectivity index (χ2n) is 5.70. The lowest BCUT2D eigenvalue weighted by molar-refractivity contribution is 0.384. The number of piperazine rings is 1. The van der Waals surface area contributed by atoms with Crippen LogP contribution in [-0.2, 0) is 10.0 Å². The number of sulfonamides is 1. The molecule has 0 spiro atoms. The Morgan fingerprint density at radius 1 is 1.30 bits per heavy atom. The summed E-state index contributed by atoms with van der Waals surface area (Å²) in [7, 11) is -3.15. The predicted octanol–water partition coefficient (Wildman–Crippen LogP) is 0.593. The highest BCUT2D eigenvalue weighted by molar-refractivity contribution is 7.89. The van der Waals surface area contributed by atoms with Gasteiger partial charge in [0, 0.05) is 26.2 Å². The normalized spacial score (nSPS) is 19.0. The van der Waals surface area contributed by atoms with Gasteiger partial charge in [-0.05, 0) is 25.3 Å². The van der Waals surface area contributed by atoms with Crippen LogP contribution in [0.2, 0.25) is 0 Å². The molecule has 1 saturated carbocycles. The number of hydrogen-bond donors (Lipinski definition) is 2. The largest absolute Gasteiger partial charge is 0.506 e. The van der Waals surface area contributed by atoms with Gasteiger partial charge >= 0.3 is 0 Å². The van der Waals surface area contributed by atoms with Crippen molar-refractivity contribution in [2.75, 3.05) is 42.6 Å². The summed E-state index contributed by atoms with van der Waals surface area (Å²) >= 11 is 0. The summed E-state index contributed by atoms with van der Waals surface area (Å²) < 4.78 is 25.3. The summed E-state index contributed by atoms with van der Waals surface area (Å²) in [4.78, 5) is 10.5. The number of aliphatic hydroxyl groups excluding tert-OH is 1. The number of nitrogen functional groups attached to an aromatic ring is 1. The maximum atomic E-state index is 11.9. The van der Waals surface area contributed by atoms with Gasteiger partial charge in [-0.25, -0.2) is 18.4 Å². The molecule has 0 aromatic carbocycles. The number of aliphatic hydroxyl groups is 1. The van der Waals surface area contributed by atoms with E-state index >= 15 is 0 Å². The molecule has 0 bridgehead atoms. The van der Waals surface area contributed by atoms with Crippen LogP contribution in [0.3, 0.4) is 0 Å². The van der Waals surface area contributed by atoms with Crippen molar-refractivity contribution >= 4 is 27.4 Å². The summed E-state index contributed by atoms with van der Waals surface area (Å²) in [5.41, 5.74) is 7.07. The molecule has 2 heterocycles. The lowest BCUT2D eigenvalue weighted by atomic mass is 10.3. The molecule has 1 aromatic rings. The third kappa shape index (κ3) is 3.25. The summed E-state index contributed by atoms with van der Waals surface area (Å²) in [6.45, 7) is 3.56. The molecule has 3 rings (SSSR count). The molecule has 3 N–H and O–H groups in total. The fourth-order valence-electron chi connectivity index (χ4n) is 2.56. The van der Waals surface area contributed by atoms with Gasteiger partial charge < -0.3 is 15.7 Å². The van der Waals surface area contributed by atoms with Crippen molar-refractivity contribution in [1.29, 1.82) is 0 Å². The first kappa shape index (κ1) is 16.0. The molecule has 1 aliphatic heterocycles. The van der Waals surface area contributed by atoms with Gasteiger partial charge in [-0.3, -0.25) is 0 Å². The van der Waals surface area contributed by atoms with Gasteiger partial charge in [-0.1, -0.05) is 0 Å². The summed E-state index contributed by atoms with van der Waals surface area (Å²) in [6.07, 6.45) is 3.29. The molecule has 23 heavy (non-hydrogen) atoms. The average molecular weight is 339 g/mol. The average Bonchev–Trinajstić information content (AvgIpc) is 3.40. The van der Waals surface area contributed by atoms with Gasteiger partial charge in [-0.15, -0.1) is 0 Å². The van der Waals surface area contributed by atoms with Crippen molar-refractivity contribution in [1.82, 2.24) is 14.3 Å². The van der Waals surface area contributed by atoms with Gasteiger partial charge in [-0.2, -0.15) is 4.31 Å². The zero-order valence-corrected chi connectivity index (χ0v) is 13.9.